The van der Waals surface area contributed by atoms with Crippen LogP contribution in [0.25, 0.3) is 21.5 Å². The van der Waals surface area contributed by atoms with Gasteiger partial charge in [0.1, 0.15) is 5.01 Å². The summed E-state index contributed by atoms with van der Waals surface area (Å²) in [7, 11) is 0. The number of H-pyrrole nitrogens is 1. The normalized spacial score (nSPS) is 14.9. The maximum Gasteiger partial charge on any atom is 0.227 e. The van der Waals surface area contributed by atoms with Gasteiger partial charge in [0, 0.05) is 65.8 Å². The van der Waals surface area contributed by atoms with E-state index in [1.165, 1.54) is 0 Å². The van der Waals surface area contributed by atoms with Crippen molar-refractivity contribution in [3.63, 3.8) is 0 Å². The highest BCUT2D eigenvalue weighted by molar-refractivity contribution is 7.13. The van der Waals surface area contributed by atoms with E-state index in [-0.39, 0.29) is 5.91 Å². The van der Waals surface area contributed by atoms with Gasteiger partial charge in [0.15, 0.2) is 0 Å². The van der Waals surface area contributed by atoms with Crippen LogP contribution < -0.4 is 0 Å². The molecule has 2 aromatic heterocycles. The molecule has 0 bridgehead atoms. The molecule has 5 nitrogen and oxygen atoms in total. The van der Waals surface area contributed by atoms with Crippen LogP contribution in [0.5, 0.6) is 0 Å². The number of carbonyl (C=O) groups is 1. The number of amides is 1. The van der Waals surface area contributed by atoms with Crippen molar-refractivity contribution in [2.75, 3.05) is 26.2 Å². The Bertz CT molecular complexity index is 1190. The fourth-order valence-electron chi connectivity index (χ4n) is 4.04. The van der Waals surface area contributed by atoms with Gasteiger partial charge in [-0.2, -0.15) is 0 Å². The molecule has 158 valence electrons. The highest BCUT2D eigenvalue weighted by Crippen LogP contribution is 2.26. The summed E-state index contributed by atoms with van der Waals surface area (Å²) in [6, 6.07) is 15.9. The number of nitrogens with one attached hydrogen (secondary N) is 1. The lowest BCUT2D eigenvalue weighted by Gasteiger charge is -2.34. The van der Waals surface area contributed by atoms with Crippen LogP contribution in [0.15, 0.2) is 60.1 Å². The third-order valence-corrected chi connectivity index (χ3v) is 6.96. The molecule has 3 heterocycles. The molecule has 1 N–H and O–H groups in total. The van der Waals surface area contributed by atoms with Crippen LogP contribution >= 0.6 is 22.9 Å². The van der Waals surface area contributed by atoms with E-state index < -0.39 is 0 Å². The highest BCUT2D eigenvalue weighted by Gasteiger charge is 2.22. The molecule has 4 aromatic rings. The van der Waals surface area contributed by atoms with E-state index in [0.717, 1.165) is 70.5 Å². The smallest absolute Gasteiger partial charge is 0.227 e. The maximum absolute atomic E-state index is 12.8. The van der Waals surface area contributed by atoms with Gasteiger partial charge < -0.3 is 9.88 Å². The molecule has 1 aliphatic heterocycles. The molecule has 1 saturated heterocycles. The minimum absolute atomic E-state index is 0.197. The molecule has 0 radical (unpaired) electrons. The lowest BCUT2D eigenvalue weighted by atomic mass is 10.1. The molecule has 1 aliphatic rings. The zero-order chi connectivity index (χ0) is 21.2. The lowest BCUT2D eigenvalue weighted by Crippen LogP contribution is -2.48. The molecule has 0 aliphatic carbocycles. The molecule has 2 aromatic carbocycles. The Hall–Kier alpha value is -2.67. The molecule has 31 heavy (non-hydrogen) atoms. The topological polar surface area (TPSA) is 52.2 Å². The predicted molar refractivity (Wildman–Crippen MR) is 126 cm³/mol. The summed E-state index contributed by atoms with van der Waals surface area (Å²) in [5.74, 6) is 0.197. The SMILES string of the molecule is O=C(Cc1c[nH]c2ccccc12)N1CCN(Cc2csc(-c3ccc(Cl)cc3)n2)CC1. The number of hydrogen-bond acceptors (Lipinski definition) is 4. The molecule has 1 fully saturated rings. The van der Waals surface area contributed by atoms with Crippen molar-refractivity contribution in [2.24, 2.45) is 0 Å². The first-order chi connectivity index (χ1) is 15.2. The number of para-hydroxylation sites is 1. The van der Waals surface area contributed by atoms with Gasteiger partial charge in [-0.1, -0.05) is 41.9 Å². The van der Waals surface area contributed by atoms with Crippen LogP contribution in [0, 0.1) is 0 Å². The summed E-state index contributed by atoms with van der Waals surface area (Å²) in [6.07, 6.45) is 2.40. The van der Waals surface area contributed by atoms with E-state index >= 15 is 0 Å². The van der Waals surface area contributed by atoms with Crippen LogP contribution in [0.3, 0.4) is 0 Å². The number of aromatic nitrogens is 2. The van der Waals surface area contributed by atoms with Gasteiger partial charge in [-0.25, -0.2) is 4.98 Å². The number of fused-ring (bicyclic) bond motifs is 1. The second kappa shape index (κ2) is 8.83. The number of piperazine rings is 1. The van der Waals surface area contributed by atoms with E-state index in [9.17, 15) is 4.79 Å². The van der Waals surface area contributed by atoms with E-state index in [1.807, 2.05) is 53.6 Å². The van der Waals surface area contributed by atoms with Crippen LogP contribution in [0.2, 0.25) is 5.02 Å². The summed E-state index contributed by atoms with van der Waals surface area (Å²) in [5.41, 5.74) is 4.32. The molecule has 0 saturated carbocycles. The highest BCUT2D eigenvalue weighted by atomic mass is 35.5. The van der Waals surface area contributed by atoms with Crippen molar-refractivity contribution in [1.29, 1.82) is 0 Å². The zero-order valence-corrected chi connectivity index (χ0v) is 18.6. The summed E-state index contributed by atoms with van der Waals surface area (Å²) in [4.78, 5) is 25.2. The van der Waals surface area contributed by atoms with E-state index in [4.69, 9.17) is 16.6 Å². The second-order valence-electron chi connectivity index (χ2n) is 7.84. The lowest BCUT2D eigenvalue weighted by molar-refractivity contribution is -0.132. The Morgan fingerprint density at radius 3 is 2.65 bits per heavy atom. The minimum Gasteiger partial charge on any atom is -0.361 e. The quantitative estimate of drug-likeness (QED) is 0.473. The number of rotatable bonds is 5. The third kappa shape index (κ3) is 4.51. The van der Waals surface area contributed by atoms with Crippen LogP contribution in [0.1, 0.15) is 11.3 Å². The average molecular weight is 451 g/mol. The predicted octanol–water partition coefficient (Wildman–Crippen LogP) is 4.83. The molecule has 0 unspecified atom stereocenters. The molecule has 0 spiro atoms. The Morgan fingerprint density at radius 1 is 1.06 bits per heavy atom. The van der Waals surface area contributed by atoms with Crippen LogP contribution in [-0.4, -0.2) is 51.9 Å². The Morgan fingerprint density at radius 2 is 1.84 bits per heavy atom. The number of carbonyl (C=O) groups excluding carboxylic acids is 1. The van der Waals surface area contributed by atoms with Gasteiger partial charge >= 0.3 is 0 Å². The van der Waals surface area contributed by atoms with Gasteiger partial charge in [0.2, 0.25) is 5.91 Å². The zero-order valence-electron chi connectivity index (χ0n) is 17.1. The average Bonchev–Trinajstić information content (AvgIpc) is 3.42. The Kier molecular flexibility index (Phi) is 5.76. The van der Waals surface area contributed by atoms with Gasteiger partial charge in [-0.3, -0.25) is 9.69 Å². The number of aromatic amines is 1. The molecular weight excluding hydrogens is 428 g/mol. The maximum atomic E-state index is 12.8. The van der Waals surface area contributed by atoms with Crippen molar-refractivity contribution in [1.82, 2.24) is 19.8 Å². The van der Waals surface area contributed by atoms with Gasteiger partial charge in [0.05, 0.1) is 12.1 Å². The molecule has 7 heteroatoms. The third-order valence-electron chi connectivity index (χ3n) is 5.77. The van der Waals surface area contributed by atoms with Gasteiger partial charge in [-0.05, 0) is 23.8 Å². The molecule has 0 atom stereocenters. The van der Waals surface area contributed by atoms with Crippen molar-refractivity contribution < 1.29 is 4.79 Å². The van der Waals surface area contributed by atoms with Crippen molar-refractivity contribution in [3.8, 4) is 10.6 Å². The largest absolute Gasteiger partial charge is 0.361 e. The summed E-state index contributed by atoms with van der Waals surface area (Å²) in [6.45, 7) is 4.07. The van der Waals surface area contributed by atoms with E-state index in [1.54, 1.807) is 11.3 Å². The van der Waals surface area contributed by atoms with Gasteiger partial charge in [-0.15, -0.1) is 11.3 Å². The monoisotopic (exact) mass is 450 g/mol. The van der Waals surface area contributed by atoms with E-state index in [0.29, 0.717) is 6.42 Å². The number of benzene rings is 2. The first-order valence-corrected chi connectivity index (χ1v) is 11.7. The first-order valence-electron chi connectivity index (χ1n) is 10.4. The Labute approximate surface area is 190 Å². The number of thiazole rings is 1. The molecule has 5 rings (SSSR count). The van der Waals surface area contributed by atoms with Gasteiger partial charge in [0.25, 0.3) is 0 Å². The standard InChI is InChI=1S/C24H23ClN4OS/c25-19-7-5-17(6-8-19)24-27-20(16-31-24)15-28-9-11-29(12-10-28)23(30)13-18-14-26-22-4-2-1-3-21(18)22/h1-8,14,16,26H,9-13,15H2. The summed E-state index contributed by atoms with van der Waals surface area (Å²) in [5, 5.41) is 5.00. The van der Waals surface area contributed by atoms with Crippen molar-refractivity contribution in [2.45, 2.75) is 13.0 Å². The fraction of sp³-hybridized carbons (Fsp3) is 0.250. The number of halogens is 1. The van der Waals surface area contributed by atoms with Crippen molar-refractivity contribution >= 4 is 39.7 Å². The van der Waals surface area contributed by atoms with Crippen LogP contribution in [-0.2, 0) is 17.8 Å². The number of nitrogens with zero attached hydrogens (tertiary/aromatic N) is 3. The molecular formula is C24H23ClN4OS. The molecule has 1 amide bonds. The summed E-state index contributed by atoms with van der Waals surface area (Å²) >= 11 is 7.64. The number of hydrogen-bond donors (Lipinski definition) is 1. The fourth-order valence-corrected chi connectivity index (χ4v) is 4.98. The van der Waals surface area contributed by atoms with Crippen LogP contribution in [0.4, 0.5) is 0 Å². The van der Waals surface area contributed by atoms with E-state index in [2.05, 4.69) is 21.3 Å². The Balaban J connectivity index is 1.15. The minimum atomic E-state index is 0.197. The first kappa shape index (κ1) is 20.2. The summed E-state index contributed by atoms with van der Waals surface area (Å²) < 4.78 is 0. The second-order valence-corrected chi connectivity index (χ2v) is 9.14. The van der Waals surface area contributed by atoms with Crippen molar-refractivity contribution in [3.05, 3.63) is 76.4 Å².